The average molecular weight is 329 g/mol. The Morgan fingerprint density at radius 1 is 1.26 bits per heavy atom. The second-order valence-electron chi connectivity index (χ2n) is 5.53. The van der Waals surface area contributed by atoms with E-state index in [1.54, 1.807) is 4.57 Å². The largest absolute Gasteiger partial charge is 0.435 e. The SMILES string of the molecule is CCCc1nnc(NCc2c(C(F)(F)F)nc3n2CCCC3)o1. The Labute approximate surface area is 131 Å². The third-order valence-electron chi connectivity index (χ3n) is 3.79. The van der Waals surface area contributed by atoms with Crippen molar-refractivity contribution in [1.82, 2.24) is 19.7 Å². The summed E-state index contributed by atoms with van der Waals surface area (Å²) in [5, 5.41) is 10.4. The van der Waals surface area contributed by atoms with Gasteiger partial charge in [0.1, 0.15) is 5.82 Å². The highest BCUT2D eigenvalue weighted by molar-refractivity contribution is 5.27. The number of aromatic nitrogens is 4. The molecule has 6 nitrogen and oxygen atoms in total. The van der Waals surface area contributed by atoms with Crippen LogP contribution in [-0.2, 0) is 32.1 Å². The van der Waals surface area contributed by atoms with E-state index < -0.39 is 11.9 Å². The van der Waals surface area contributed by atoms with E-state index in [4.69, 9.17) is 4.42 Å². The fourth-order valence-corrected chi connectivity index (χ4v) is 2.75. The summed E-state index contributed by atoms with van der Waals surface area (Å²) in [6.07, 6.45) is -0.672. The zero-order valence-electron chi connectivity index (χ0n) is 12.8. The lowest BCUT2D eigenvalue weighted by atomic mass is 10.1. The predicted octanol–water partition coefficient (Wildman–Crippen LogP) is 3.19. The summed E-state index contributed by atoms with van der Waals surface area (Å²) >= 11 is 0. The molecule has 0 fully saturated rings. The molecule has 0 amide bonds. The lowest BCUT2D eigenvalue weighted by Gasteiger charge is -2.16. The number of aryl methyl sites for hydroxylation is 2. The number of imidazole rings is 1. The van der Waals surface area contributed by atoms with Gasteiger partial charge in [-0.05, 0) is 19.3 Å². The minimum atomic E-state index is -4.47. The molecule has 2 aromatic rings. The molecule has 2 aromatic heterocycles. The molecule has 0 aromatic carbocycles. The van der Waals surface area contributed by atoms with Crippen molar-refractivity contribution < 1.29 is 17.6 Å². The lowest BCUT2D eigenvalue weighted by Crippen LogP contribution is -2.17. The van der Waals surface area contributed by atoms with Crippen LogP contribution in [0.3, 0.4) is 0 Å². The highest BCUT2D eigenvalue weighted by Gasteiger charge is 2.39. The van der Waals surface area contributed by atoms with Crippen molar-refractivity contribution in [3.63, 3.8) is 0 Å². The first-order valence-corrected chi connectivity index (χ1v) is 7.70. The Morgan fingerprint density at radius 2 is 2.09 bits per heavy atom. The number of anilines is 1. The van der Waals surface area contributed by atoms with Crippen LogP contribution in [0, 0.1) is 0 Å². The molecule has 0 bridgehead atoms. The molecule has 9 heteroatoms. The number of nitrogens with one attached hydrogen (secondary N) is 1. The molecule has 126 valence electrons. The third kappa shape index (κ3) is 3.32. The molecule has 0 spiro atoms. The number of rotatable bonds is 5. The van der Waals surface area contributed by atoms with Gasteiger partial charge in [0.15, 0.2) is 5.69 Å². The molecular formula is C14H18F3N5O. The molecule has 0 unspecified atom stereocenters. The molecule has 3 rings (SSSR count). The van der Waals surface area contributed by atoms with Crippen molar-refractivity contribution in [3.8, 4) is 0 Å². The first-order valence-electron chi connectivity index (χ1n) is 7.70. The molecule has 0 atom stereocenters. The fourth-order valence-electron chi connectivity index (χ4n) is 2.75. The van der Waals surface area contributed by atoms with Gasteiger partial charge >= 0.3 is 12.2 Å². The van der Waals surface area contributed by atoms with E-state index in [0.717, 1.165) is 19.3 Å². The maximum absolute atomic E-state index is 13.2. The molecule has 0 radical (unpaired) electrons. The lowest BCUT2D eigenvalue weighted by molar-refractivity contribution is -0.141. The van der Waals surface area contributed by atoms with Gasteiger partial charge in [-0.3, -0.25) is 0 Å². The first-order chi connectivity index (χ1) is 11.0. The van der Waals surface area contributed by atoms with Crippen molar-refractivity contribution in [3.05, 3.63) is 23.1 Å². The monoisotopic (exact) mass is 329 g/mol. The Morgan fingerprint density at radius 3 is 2.83 bits per heavy atom. The molecule has 0 saturated heterocycles. The van der Waals surface area contributed by atoms with Gasteiger partial charge in [0, 0.05) is 19.4 Å². The number of hydrogen-bond donors (Lipinski definition) is 1. The summed E-state index contributed by atoms with van der Waals surface area (Å²) in [6, 6.07) is 0.132. The minimum Gasteiger partial charge on any atom is -0.408 e. The molecule has 3 heterocycles. The van der Waals surface area contributed by atoms with Gasteiger partial charge in [-0.15, -0.1) is 5.10 Å². The molecular weight excluding hydrogens is 311 g/mol. The van der Waals surface area contributed by atoms with Crippen molar-refractivity contribution in [1.29, 1.82) is 0 Å². The number of halogens is 3. The van der Waals surface area contributed by atoms with Gasteiger partial charge in [0.25, 0.3) is 0 Å². The van der Waals surface area contributed by atoms with Crippen LogP contribution in [0.1, 0.15) is 49.3 Å². The maximum Gasteiger partial charge on any atom is 0.435 e. The quantitative estimate of drug-likeness (QED) is 0.912. The first kappa shape index (κ1) is 15.8. The van der Waals surface area contributed by atoms with Crippen molar-refractivity contribution in [2.45, 2.75) is 58.3 Å². The summed E-state index contributed by atoms with van der Waals surface area (Å²) in [7, 11) is 0. The minimum absolute atomic E-state index is 0.0460. The number of alkyl halides is 3. The van der Waals surface area contributed by atoms with E-state index in [2.05, 4.69) is 20.5 Å². The van der Waals surface area contributed by atoms with Crippen LogP contribution in [0.15, 0.2) is 4.42 Å². The van der Waals surface area contributed by atoms with Gasteiger partial charge in [0.05, 0.1) is 12.2 Å². The fraction of sp³-hybridized carbons (Fsp3) is 0.643. The summed E-state index contributed by atoms with van der Waals surface area (Å²) in [6.45, 7) is 2.49. The molecule has 0 saturated carbocycles. The van der Waals surface area contributed by atoms with Gasteiger partial charge in [-0.1, -0.05) is 12.0 Å². The maximum atomic E-state index is 13.2. The standard InChI is InChI=1S/C14H18F3N5O/c1-2-5-11-20-21-13(23-11)18-8-9-12(14(15,16)17)19-10-6-3-4-7-22(9)10/h2-8H2,1H3,(H,18,21). The zero-order valence-corrected chi connectivity index (χ0v) is 12.8. The zero-order chi connectivity index (χ0) is 16.4. The van der Waals surface area contributed by atoms with E-state index >= 15 is 0 Å². The van der Waals surface area contributed by atoms with Gasteiger partial charge < -0.3 is 14.3 Å². The Hall–Kier alpha value is -2.06. The normalized spacial score (nSPS) is 14.8. The average Bonchev–Trinajstić information content (AvgIpc) is 3.09. The molecule has 23 heavy (non-hydrogen) atoms. The van der Waals surface area contributed by atoms with Crippen LogP contribution in [0.2, 0.25) is 0 Å². The van der Waals surface area contributed by atoms with Crippen molar-refractivity contribution in [2.24, 2.45) is 0 Å². The van der Waals surface area contributed by atoms with Crippen LogP contribution in [0.5, 0.6) is 0 Å². The van der Waals surface area contributed by atoms with Gasteiger partial charge in [-0.25, -0.2) is 4.98 Å². The van der Waals surface area contributed by atoms with E-state index in [-0.39, 0.29) is 18.3 Å². The molecule has 1 aliphatic rings. The molecule has 1 aliphatic heterocycles. The second-order valence-corrected chi connectivity index (χ2v) is 5.53. The summed E-state index contributed by atoms with van der Waals surface area (Å²) < 4.78 is 46.6. The van der Waals surface area contributed by atoms with Crippen LogP contribution in [0.25, 0.3) is 0 Å². The van der Waals surface area contributed by atoms with Crippen LogP contribution in [0.4, 0.5) is 19.2 Å². The Bertz CT molecular complexity index is 676. The summed E-state index contributed by atoms with van der Waals surface area (Å²) in [5.74, 6) is 0.971. The van der Waals surface area contributed by atoms with Gasteiger partial charge in [-0.2, -0.15) is 13.2 Å². The highest BCUT2D eigenvalue weighted by atomic mass is 19.4. The van der Waals surface area contributed by atoms with Crippen molar-refractivity contribution in [2.75, 3.05) is 5.32 Å². The summed E-state index contributed by atoms with van der Waals surface area (Å²) in [4.78, 5) is 3.80. The van der Waals surface area contributed by atoms with Crippen molar-refractivity contribution >= 4 is 6.01 Å². The van der Waals surface area contributed by atoms with E-state index in [1.165, 1.54) is 0 Å². The van der Waals surface area contributed by atoms with Crippen LogP contribution in [-0.4, -0.2) is 19.7 Å². The highest BCUT2D eigenvalue weighted by Crippen LogP contribution is 2.33. The third-order valence-corrected chi connectivity index (χ3v) is 3.79. The number of fused-ring (bicyclic) bond motifs is 1. The molecule has 1 N–H and O–H groups in total. The van der Waals surface area contributed by atoms with Crippen LogP contribution < -0.4 is 5.32 Å². The van der Waals surface area contributed by atoms with E-state index in [0.29, 0.717) is 31.1 Å². The number of nitrogens with zero attached hydrogens (tertiary/aromatic N) is 4. The summed E-state index contributed by atoms with van der Waals surface area (Å²) in [5.41, 5.74) is -0.697. The topological polar surface area (TPSA) is 68.8 Å². The smallest absolute Gasteiger partial charge is 0.408 e. The van der Waals surface area contributed by atoms with Crippen LogP contribution >= 0.6 is 0 Å². The number of hydrogen-bond acceptors (Lipinski definition) is 5. The Kier molecular flexibility index (Phi) is 4.27. The predicted molar refractivity (Wildman–Crippen MR) is 75.8 cm³/mol. The Balaban J connectivity index is 1.81. The second kappa shape index (κ2) is 6.21. The van der Waals surface area contributed by atoms with E-state index in [1.807, 2.05) is 6.92 Å². The van der Waals surface area contributed by atoms with Gasteiger partial charge in [0.2, 0.25) is 5.89 Å². The van der Waals surface area contributed by atoms with E-state index in [9.17, 15) is 13.2 Å². The molecule has 0 aliphatic carbocycles.